The number of rotatable bonds is 5. The van der Waals surface area contributed by atoms with Gasteiger partial charge in [-0.3, -0.25) is 19.0 Å². The van der Waals surface area contributed by atoms with E-state index in [0.717, 1.165) is 15.9 Å². The number of carbonyl (C=O) groups excluding carboxylic acids is 2. The maximum absolute atomic E-state index is 12.5. The quantitative estimate of drug-likeness (QED) is 0.802. The Morgan fingerprint density at radius 1 is 1.33 bits per heavy atom. The second kappa shape index (κ2) is 7.16. The Morgan fingerprint density at radius 2 is 2.00 bits per heavy atom. The van der Waals surface area contributed by atoms with Gasteiger partial charge in [-0.1, -0.05) is 6.92 Å². The van der Waals surface area contributed by atoms with Gasteiger partial charge in [0, 0.05) is 26.0 Å². The minimum absolute atomic E-state index is 0.189. The lowest BCUT2D eigenvalue weighted by molar-refractivity contribution is -0.119. The van der Waals surface area contributed by atoms with Crippen molar-refractivity contribution in [3.63, 3.8) is 0 Å². The first kappa shape index (κ1) is 18.2. The van der Waals surface area contributed by atoms with Crippen LogP contribution in [-0.2, 0) is 18.4 Å². The summed E-state index contributed by atoms with van der Waals surface area (Å²) in [5.74, 6) is -0.870. The number of halogens is 1. The van der Waals surface area contributed by atoms with E-state index in [9.17, 15) is 9.59 Å². The van der Waals surface area contributed by atoms with Crippen LogP contribution in [0.25, 0.3) is 0 Å². The van der Waals surface area contributed by atoms with Gasteiger partial charge in [0.25, 0.3) is 5.91 Å². The third-order valence-corrected chi connectivity index (χ3v) is 4.86. The molecule has 2 heterocycles. The zero-order valence-corrected chi connectivity index (χ0v) is 15.9. The van der Waals surface area contributed by atoms with Crippen molar-refractivity contribution in [2.45, 2.75) is 27.3 Å². The molecule has 0 spiro atoms. The topological polar surface area (TPSA) is 93.8 Å². The standard InChI is InChI=1S/C15H21BrN6O2/c1-8(6-22-10(3)12(16)9(2)19-22)14(23)18-11-7-21(5)20-13(11)15(24)17-4/h7-8H,6H2,1-5H3,(H,17,24)(H,18,23). The fraction of sp³-hybridized carbons (Fsp3) is 0.467. The van der Waals surface area contributed by atoms with Crippen LogP contribution in [0.3, 0.4) is 0 Å². The van der Waals surface area contributed by atoms with Crippen molar-refractivity contribution in [2.24, 2.45) is 13.0 Å². The summed E-state index contributed by atoms with van der Waals surface area (Å²) < 4.78 is 4.24. The van der Waals surface area contributed by atoms with Crippen molar-refractivity contribution in [3.8, 4) is 0 Å². The van der Waals surface area contributed by atoms with E-state index in [-0.39, 0.29) is 23.4 Å². The van der Waals surface area contributed by atoms with Crippen LogP contribution in [0, 0.1) is 19.8 Å². The number of hydrogen-bond acceptors (Lipinski definition) is 4. The molecule has 0 bridgehead atoms. The lowest BCUT2D eigenvalue weighted by Gasteiger charge is -2.13. The normalized spacial score (nSPS) is 12.1. The molecule has 1 unspecified atom stereocenters. The highest BCUT2D eigenvalue weighted by Crippen LogP contribution is 2.21. The fourth-order valence-corrected chi connectivity index (χ4v) is 2.60. The first-order chi connectivity index (χ1) is 11.2. The van der Waals surface area contributed by atoms with E-state index < -0.39 is 0 Å². The molecule has 2 N–H and O–H groups in total. The molecule has 2 aromatic heterocycles. The number of aryl methyl sites for hydroxylation is 2. The van der Waals surface area contributed by atoms with Crippen LogP contribution in [-0.4, -0.2) is 38.4 Å². The van der Waals surface area contributed by atoms with Crippen LogP contribution in [0.15, 0.2) is 10.7 Å². The summed E-state index contributed by atoms with van der Waals surface area (Å²) in [7, 11) is 3.21. The van der Waals surface area contributed by atoms with Gasteiger partial charge >= 0.3 is 0 Å². The van der Waals surface area contributed by atoms with Crippen LogP contribution in [0.4, 0.5) is 5.69 Å². The average Bonchev–Trinajstić information content (AvgIpc) is 3.01. The van der Waals surface area contributed by atoms with Crippen LogP contribution >= 0.6 is 15.9 Å². The largest absolute Gasteiger partial charge is 0.354 e. The van der Waals surface area contributed by atoms with Crippen LogP contribution in [0.5, 0.6) is 0 Å². The van der Waals surface area contributed by atoms with Crippen molar-refractivity contribution in [1.29, 1.82) is 0 Å². The second-order valence-electron chi connectivity index (χ2n) is 5.70. The van der Waals surface area contributed by atoms with Crippen LogP contribution in [0.1, 0.15) is 28.8 Å². The van der Waals surface area contributed by atoms with Gasteiger partial charge < -0.3 is 10.6 Å². The maximum Gasteiger partial charge on any atom is 0.273 e. The molecule has 2 aromatic rings. The monoisotopic (exact) mass is 396 g/mol. The molecule has 0 aliphatic rings. The van der Waals surface area contributed by atoms with Gasteiger partial charge in [-0.05, 0) is 29.8 Å². The van der Waals surface area contributed by atoms with Gasteiger partial charge in [0.15, 0.2) is 5.69 Å². The van der Waals surface area contributed by atoms with Crippen molar-refractivity contribution in [3.05, 3.63) is 27.8 Å². The van der Waals surface area contributed by atoms with Crippen LogP contribution in [0.2, 0.25) is 0 Å². The average molecular weight is 397 g/mol. The summed E-state index contributed by atoms with van der Waals surface area (Å²) in [6.45, 7) is 6.11. The Labute approximate surface area is 148 Å². The number of amides is 2. The van der Waals surface area contributed by atoms with Crippen molar-refractivity contribution in [2.75, 3.05) is 12.4 Å². The molecular weight excluding hydrogens is 376 g/mol. The SMILES string of the molecule is CNC(=O)c1nn(C)cc1NC(=O)C(C)Cn1nc(C)c(Br)c1C. The third kappa shape index (κ3) is 3.66. The molecule has 0 aliphatic carbocycles. The molecule has 0 aromatic carbocycles. The summed E-state index contributed by atoms with van der Waals surface area (Å²) in [4.78, 5) is 24.3. The summed E-state index contributed by atoms with van der Waals surface area (Å²) in [6.07, 6.45) is 1.61. The molecule has 2 amide bonds. The Kier molecular flexibility index (Phi) is 5.43. The Bertz CT molecular complexity index is 779. The molecule has 2 rings (SSSR count). The summed E-state index contributed by atoms with van der Waals surface area (Å²) in [5.41, 5.74) is 2.44. The van der Waals surface area contributed by atoms with E-state index in [1.54, 1.807) is 17.9 Å². The van der Waals surface area contributed by atoms with Gasteiger partial charge in [0.05, 0.1) is 28.3 Å². The highest BCUT2D eigenvalue weighted by molar-refractivity contribution is 9.10. The van der Waals surface area contributed by atoms with Gasteiger partial charge in [-0.15, -0.1) is 0 Å². The zero-order chi connectivity index (χ0) is 18.0. The molecule has 0 saturated heterocycles. The molecular formula is C15H21BrN6O2. The van der Waals surface area contributed by atoms with E-state index in [1.165, 1.54) is 11.7 Å². The van der Waals surface area contributed by atoms with E-state index >= 15 is 0 Å². The predicted molar refractivity (Wildman–Crippen MR) is 93.8 cm³/mol. The molecule has 9 heteroatoms. The highest BCUT2D eigenvalue weighted by Gasteiger charge is 2.21. The zero-order valence-electron chi connectivity index (χ0n) is 14.3. The second-order valence-corrected chi connectivity index (χ2v) is 6.49. The number of nitrogens with zero attached hydrogens (tertiary/aromatic N) is 4. The van der Waals surface area contributed by atoms with Gasteiger partial charge in [-0.2, -0.15) is 10.2 Å². The minimum atomic E-state index is -0.346. The van der Waals surface area contributed by atoms with Gasteiger partial charge in [-0.25, -0.2) is 0 Å². The molecule has 0 saturated carbocycles. The molecule has 0 aliphatic heterocycles. The fourth-order valence-electron chi connectivity index (χ4n) is 2.32. The molecule has 130 valence electrons. The number of aromatic nitrogens is 4. The lowest BCUT2D eigenvalue weighted by Crippen LogP contribution is -2.27. The first-order valence-corrected chi connectivity index (χ1v) is 8.30. The van der Waals surface area contributed by atoms with Crippen LogP contribution < -0.4 is 10.6 Å². The molecule has 8 nitrogen and oxygen atoms in total. The predicted octanol–water partition coefficient (Wildman–Crippen LogP) is 1.63. The Balaban J connectivity index is 2.12. The summed E-state index contributed by atoms with van der Waals surface area (Å²) >= 11 is 3.48. The van der Waals surface area contributed by atoms with Gasteiger partial charge in [0.1, 0.15) is 0 Å². The third-order valence-electron chi connectivity index (χ3n) is 3.72. The molecule has 0 radical (unpaired) electrons. The first-order valence-electron chi connectivity index (χ1n) is 7.50. The maximum atomic E-state index is 12.5. The van der Waals surface area contributed by atoms with Crippen molar-refractivity contribution >= 4 is 33.4 Å². The van der Waals surface area contributed by atoms with E-state index in [4.69, 9.17) is 0 Å². The Hall–Kier alpha value is -2.16. The molecule has 24 heavy (non-hydrogen) atoms. The highest BCUT2D eigenvalue weighted by atomic mass is 79.9. The number of hydrogen-bond donors (Lipinski definition) is 2. The number of anilines is 1. The van der Waals surface area contributed by atoms with Gasteiger partial charge in [0.2, 0.25) is 5.91 Å². The van der Waals surface area contributed by atoms with Crippen molar-refractivity contribution < 1.29 is 9.59 Å². The lowest BCUT2D eigenvalue weighted by atomic mass is 10.1. The van der Waals surface area contributed by atoms with E-state index in [2.05, 4.69) is 36.8 Å². The molecule has 0 fully saturated rings. The Morgan fingerprint density at radius 3 is 2.54 bits per heavy atom. The van der Waals surface area contributed by atoms with E-state index in [0.29, 0.717) is 12.2 Å². The summed E-state index contributed by atoms with van der Waals surface area (Å²) in [6, 6.07) is 0. The van der Waals surface area contributed by atoms with Crippen molar-refractivity contribution in [1.82, 2.24) is 24.9 Å². The summed E-state index contributed by atoms with van der Waals surface area (Å²) in [5, 5.41) is 13.8. The van der Waals surface area contributed by atoms with E-state index in [1.807, 2.05) is 20.8 Å². The minimum Gasteiger partial charge on any atom is -0.354 e. The smallest absolute Gasteiger partial charge is 0.273 e. The number of carbonyl (C=O) groups is 2. The number of nitrogens with one attached hydrogen (secondary N) is 2. The molecule has 1 atom stereocenters.